The number of amidine groups is 1. The molecule has 4 rings (SSSR count). The lowest BCUT2D eigenvalue weighted by Crippen LogP contribution is -2.39. The number of benzene rings is 2. The van der Waals surface area contributed by atoms with Crippen LogP contribution in [0.1, 0.15) is 5.56 Å². The van der Waals surface area contributed by atoms with E-state index < -0.39 is 15.7 Å². The third kappa shape index (κ3) is 5.57. The Morgan fingerprint density at radius 1 is 1.12 bits per heavy atom. The van der Waals surface area contributed by atoms with Gasteiger partial charge in [-0.1, -0.05) is 35.5 Å². The van der Waals surface area contributed by atoms with E-state index in [2.05, 4.69) is 4.99 Å². The Morgan fingerprint density at radius 2 is 1.81 bits per heavy atom. The number of halogens is 1. The molecule has 0 saturated carbocycles. The van der Waals surface area contributed by atoms with E-state index in [9.17, 15) is 13.2 Å². The number of rotatable bonds is 7. The second-order valence-corrected chi connectivity index (χ2v) is 11.4. The lowest BCUT2D eigenvalue weighted by molar-refractivity contribution is -0.119. The molecule has 2 atom stereocenters. The van der Waals surface area contributed by atoms with Gasteiger partial charge >= 0.3 is 0 Å². The number of methoxy groups -OCH3 is 1. The van der Waals surface area contributed by atoms with Crippen molar-refractivity contribution in [2.45, 2.75) is 17.7 Å². The van der Waals surface area contributed by atoms with Crippen LogP contribution < -0.4 is 9.47 Å². The summed E-state index contributed by atoms with van der Waals surface area (Å²) in [7, 11) is -1.47. The second-order valence-electron chi connectivity index (χ2n) is 7.62. The molecule has 1 amide bonds. The maximum atomic E-state index is 12.5. The number of carbonyl (C=O) groups excluding carboxylic acids is 1. The molecular formula is C22H23ClN2O5S2. The van der Waals surface area contributed by atoms with Crippen molar-refractivity contribution in [3.05, 3.63) is 59.1 Å². The highest BCUT2D eigenvalue weighted by Gasteiger charge is 2.48. The minimum absolute atomic E-state index is 0.0851. The molecule has 2 saturated heterocycles. The van der Waals surface area contributed by atoms with Crippen molar-refractivity contribution >= 4 is 44.3 Å². The quantitative estimate of drug-likeness (QED) is 0.584. The lowest BCUT2D eigenvalue weighted by atomic mass is 10.1. The van der Waals surface area contributed by atoms with Crippen LogP contribution in [0.25, 0.3) is 0 Å². The van der Waals surface area contributed by atoms with Crippen molar-refractivity contribution in [3.8, 4) is 11.5 Å². The fourth-order valence-corrected chi connectivity index (χ4v) is 7.87. The normalized spacial score (nSPS) is 22.7. The Labute approximate surface area is 196 Å². The van der Waals surface area contributed by atoms with Gasteiger partial charge in [0, 0.05) is 16.8 Å². The van der Waals surface area contributed by atoms with Crippen LogP contribution in [0.15, 0.2) is 53.5 Å². The van der Waals surface area contributed by atoms with E-state index in [4.69, 9.17) is 21.1 Å². The zero-order chi connectivity index (χ0) is 22.7. The fraction of sp³-hybridized carbons (Fsp3) is 0.364. The molecule has 0 N–H and O–H groups in total. The summed E-state index contributed by atoms with van der Waals surface area (Å²) in [6.07, 6.45) is 0.697. The molecule has 0 aliphatic carbocycles. The van der Waals surface area contributed by atoms with Gasteiger partial charge in [0.25, 0.3) is 5.91 Å². The predicted octanol–water partition coefficient (Wildman–Crippen LogP) is 3.07. The predicted molar refractivity (Wildman–Crippen MR) is 127 cm³/mol. The van der Waals surface area contributed by atoms with Gasteiger partial charge in [-0.2, -0.15) is 4.99 Å². The third-order valence-electron chi connectivity index (χ3n) is 5.37. The van der Waals surface area contributed by atoms with Crippen molar-refractivity contribution in [2.24, 2.45) is 4.99 Å². The van der Waals surface area contributed by atoms with Crippen LogP contribution in [0.4, 0.5) is 0 Å². The van der Waals surface area contributed by atoms with Gasteiger partial charge < -0.3 is 14.4 Å². The summed E-state index contributed by atoms with van der Waals surface area (Å²) in [4.78, 5) is 18.7. The number of aliphatic imine (C=N–C) groups is 1. The van der Waals surface area contributed by atoms with Gasteiger partial charge in [-0.15, -0.1) is 0 Å². The Balaban J connectivity index is 1.44. The maximum Gasteiger partial charge on any atom is 0.285 e. The van der Waals surface area contributed by atoms with Crippen LogP contribution >= 0.6 is 23.4 Å². The van der Waals surface area contributed by atoms with E-state index >= 15 is 0 Å². The number of hydrogen-bond donors (Lipinski definition) is 0. The molecule has 0 unspecified atom stereocenters. The molecule has 7 nitrogen and oxygen atoms in total. The minimum Gasteiger partial charge on any atom is -0.497 e. The van der Waals surface area contributed by atoms with Gasteiger partial charge in [0.15, 0.2) is 21.6 Å². The molecule has 2 aromatic carbocycles. The lowest BCUT2D eigenvalue weighted by Gasteiger charge is -2.24. The number of nitrogens with zero attached hydrogens (tertiary/aromatic N) is 2. The third-order valence-corrected chi connectivity index (χ3v) is 8.87. The van der Waals surface area contributed by atoms with Crippen LogP contribution in [0.2, 0.25) is 5.02 Å². The molecular weight excluding hydrogens is 472 g/mol. The Hall–Kier alpha value is -2.23. The molecule has 0 aromatic heterocycles. The van der Waals surface area contributed by atoms with Crippen LogP contribution in [0.3, 0.4) is 0 Å². The molecule has 2 heterocycles. The highest BCUT2D eigenvalue weighted by molar-refractivity contribution is 8.15. The Bertz CT molecular complexity index is 1100. The van der Waals surface area contributed by atoms with Crippen molar-refractivity contribution in [1.82, 2.24) is 4.90 Å². The van der Waals surface area contributed by atoms with Gasteiger partial charge in [0.1, 0.15) is 11.5 Å². The molecule has 2 aliphatic heterocycles. The number of amides is 1. The number of hydrogen-bond acceptors (Lipinski definition) is 6. The van der Waals surface area contributed by atoms with Crippen LogP contribution in [0.5, 0.6) is 11.5 Å². The highest BCUT2D eigenvalue weighted by Crippen LogP contribution is 2.38. The first-order valence-electron chi connectivity index (χ1n) is 10.1. The second kappa shape index (κ2) is 9.72. The topological polar surface area (TPSA) is 85.3 Å². The first kappa shape index (κ1) is 22.9. The summed E-state index contributed by atoms with van der Waals surface area (Å²) in [5, 5.41) is 1.04. The summed E-state index contributed by atoms with van der Waals surface area (Å²) >= 11 is 7.23. The fourth-order valence-electron chi connectivity index (χ4n) is 3.75. The molecule has 0 radical (unpaired) electrons. The molecule has 2 aliphatic rings. The minimum atomic E-state index is -3.09. The SMILES string of the molecule is COc1ccc(CCN2C(=NC(=O)COc3ccc(Cl)cc3)S[C@@H]3CS(=O)(=O)C[C@H]32)cc1. The molecule has 2 aromatic rings. The van der Waals surface area contributed by atoms with Gasteiger partial charge in [-0.25, -0.2) is 8.42 Å². The van der Waals surface area contributed by atoms with Gasteiger partial charge in [0.05, 0.1) is 24.7 Å². The average molecular weight is 495 g/mol. The van der Waals surface area contributed by atoms with Crippen molar-refractivity contribution in [3.63, 3.8) is 0 Å². The van der Waals surface area contributed by atoms with Crippen LogP contribution in [-0.4, -0.2) is 67.5 Å². The summed E-state index contributed by atoms with van der Waals surface area (Å²) in [6.45, 7) is 0.367. The largest absolute Gasteiger partial charge is 0.497 e. The van der Waals surface area contributed by atoms with E-state index in [0.29, 0.717) is 28.9 Å². The van der Waals surface area contributed by atoms with Gasteiger partial charge in [-0.05, 0) is 48.4 Å². The first-order chi connectivity index (χ1) is 15.3. The molecule has 170 valence electrons. The monoisotopic (exact) mass is 494 g/mol. The van der Waals surface area contributed by atoms with Gasteiger partial charge in [0.2, 0.25) is 0 Å². The van der Waals surface area contributed by atoms with Crippen molar-refractivity contribution in [1.29, 1.82) is 0 Å². The Kier molecular flexibility index (Phi) is 6.97. The Morgan fingerprint density at radius 3 is 2.50 bits per heavy atom. The number of sulfone groups is 1. The van der Waals surface area contributed by atoms with Crippen molar-refractivity contribution in [2.75, 3.05) is 31.8 Å². The summed E-state index contributed by atoms with van der Waals surface area (Å²) in [5.41, 5.74) is 1.09. The van der Waals surface area contributed by atoms with Gasteiger partial charge in [-0.3, -0.25) is 4.79 Å². The van der Waals surface area contributed by atoms with Crippen LogP contribution in [-0.2, 0) is 21.1 Å². The summed E-state index contributed by atoms with van der Waals surface area (Å²) in [6, 6.07) is 14.3. The highest BCUT2D eigenvalue weighted by atomic mass is 35.5. The molecule has 2 fully saturated rings. The number of carbonyl (C=O) groups is 1. The van der Waals surface area contributed by atoms with E-state index in [1.165, 1.54) is 11.8 Å². The summed E-state index contributed by atoms with van der Waals surface area (Å²) < 4.78 is 35.0. The maximum absolute atomic E-state index is 12.5. The molecule has 0 spiro atoms. The molecule has 0 bridgehead atoms. The van der Waals surface area contributed by atoms with Crippen molar-refractivity contribution < 1.29 is 22.7 Å². The molecule has 32 heavy (non-hydrogen) atoms. The zero-order valence-electron chi connectivity index (χ0n) is 17.4. The number of thioether (sulfide) groups is 1. The zero-order valence-corrected chi connectivity index (χ0v) is 19.8. The first-order valence-corrected chi connectivity index (χ1v) is 13.2. The van der Waals surface area contributed by atoms with E-state index in [1.807, 2.05) is 29.2 Å². The number of ether oxygens (including phenoxy) is 2. The summed E-state index contributed by atoms with van der Waals surface area (Å²) in [5.74, 6) is 1.08. The molecule has 10 heteroatoms. The smallest absolute Gasteiger partial charge is 0.285 e. The number of fused-ring (bicyclic) bond motifs is 1. The average Bonchev–Trinajstić information content (AvgIpc) is 3.23. The van der Waals surface area contributed by atoms with E-state index in [0.717, 1.165) is 11.3 Å². The standard InChI is InChI=1S/C22H23ClN2O5S2/c1-29-17-6-2-15(3-7-17)10-11-25-19-13-32(27,28)14-20(19)31-22(25)24-21(26)12-30-18-8-4-16(23)5-9-18/h2-9,19-20H,10-14H2,1H3/t19-,20-/m1/s1. The van der Waals surface area contributed by atoms with E-state index in [1.54, 1.807) is 31.4 Å². The van der Waals surface area contributed by atoms with Crippen LogP contribution in [0, 0.1) is 0 Å². The van der Waals surface area contributed by atoms with E-state index in [-0.39, 0.29) is 29.4 Å².